The lowest BCUT2D eigenvalue weighted by Crippen LogP contribution is -2.24. The number of amides is 2. The first-order chi connectivity index (χ1) is 15.4. The average molecular weight is 454 g/mol. The van der Waals surface area contributed by atoms with E-state index in [9.17, 15) is 9.59 Å². The van der Waals surface area contributed by atoms with Crippen LogP contribution in [0.15, 0.2) is 49.1 Å². The molecule has 0 aliphatic carbocycles. The molecule has 0 saturated heterocycles. The van der Waals surface area contributed by atoms with E-state index in [0.717, 1.165) is 0 Å². The van der Waals surface area contributed by atoms with E-state index in [-0.39, 0.29) is 6.54 Å². The van der Waals surface area contributed by atoms with Crippen LogP contribution in [0.5, 0.6) is 5.75 Å². The Morgan fingerprint density at radius 1 is 1.34 bits per heavy atom. The van der Waals surface area contributed by atoms with Crippen LogP contribution in [0.1, 0.15) is 17.3 Å². The molecule has 4 aromatic rings. The number of rotatable bonds is 7. The zero-order chi connectivity index (χ0) is 22.8. The molecule has 0 aliphatic rings. The minimum atomic E-state index is -0.462. The molecule has 0 saturated carbocycles. The minimum absolute atomic E-state index is 0.235. The van der Waals surface area contributed by atoms with Crippen LogP contribution in [0.4, 0.5) is 5.69 Å². The van der Waals surface area contributed by atoms with Gasteiger partial charge >= 0.3 is 0 Å². The number of methoxy groups -OCH3 is 1. The summed E-state index contributed by atoms with van der Waals surface area (Å²) in [5, 5.41) is 12.1. The van der Waals surface area contributed by atoms with Gasteiger partial charge in [-0.15, -0.1) is 0 Å². The molecule has 11 heteroatoms. The van der Waals surface area contributed by atoms with E-state index in [1.807, 2.05) is 0 Å². The van der Waals surface area contributed by atoms with Crippen molar-refractivity contribution in [3.8, 4) is 17.0 Å². The highest BCUT2D eigenvalue weighted by Gasteiger charge is 2.22. The topological polar surface area (TPSA) is 129 Å². The molecular weight excluding hydrogens is 434 g/mol. The van der Waals surface area contributed by atoms with E-state index in [2.05, 4.69) is 20.5 Å². The number of carbonyl (C=O) groups excluding carboxylic acids is 2. The Bertz CT molecular complexity index is 1310. The normalized spacial score (nSPS) is 12.0. The lowest BCUT2D eigenvalue weighted by Gasteiger charge is -2.09. The highest BCUT2D eigenvalue weighted by Crippen LogP contribution is 2.36. The Hall–Kier alpha value is -3.92. The van der Waals surface area contributed by atoms with Crippen molar-refractivity contribution in [2.24, 2.45) is 11.7 Å². The predicted octanol–water partition coefficient (Wildman–Crippen LogP) is 2.63. The van der Waals surface area contributed by atoms with Crippen molar-refractivity contribution < 1.29 is 14.3 Å². The molecule has 32 heavy (non-hydrogen) atoms. The monoisotopic (exact) mass is 453 g/mol. The lowest BCUT2D eigenvalue weighted by molar-refractivity contribution is -0.121. The van der Waals surface area contributed by atoms with Gasteiger partial charge in [-0.1, -0.05) is 18.5 Å². The molecule has 3 N–H and O–H groups in total. The van der Waals surface area contributed by atoms with Gasteiger partial charge in [0.25, 0.3) is 5.91 Å². The molecule has 0 fully saturated rings. The van der Waals surface area contributed by atoms with Crippen molar-refractivity contribution in [1.82, 2.24) is 24.4 Å². The van der Waals surface area contributed by atoms with E-state index in [1.165, 1.54) is 17.8 Å². The molecule has 0 radical (unpaired) electrons. The second-order valence-electron chi connectivity index (χ2n) is 7.16. The van der Waals surface area contributed by atoms with Crippen LogP contribution >= 0.6 is 11.6 Å². The second kappa shape index (κ2) is 8.67. The van der Waals surface area contributed by atoms with Gasteiger partial charge in [0, 0.05) is 29.2 Å². The summed E-state index contributed by atoms with van der Waals surface area (Å²) in [5.41, 5.74) is 7.53. The van der Waals surface area contributed by atoms with Crippen molar-refractivity contribution >= 4 is 34.7 Å². The number of fused-ring (bicyclic) bond motifs is 1. The number of primary amides is 1. The number of nitrogens with two attached hydrogens (primary N) is 1. The third-order valence-electron chi connectivity index (χ3n) is 4.90. The number of hydrogen-bond donors (Lipinski definition) is 2. The first kappa shape index (κ1) is 21.3. The number of nitrogens with zero attached hydrogens (tertiary/aromatic N) is 5. The molecule has 2 amide bonds. The Labute approximate surface area is 187 Å². The number of benzene rings is 1. The van der Waals surface area contributed by atoms with E-state index < -0.39 is 17.7 Å². The number of carbonyl (C=O) groups is 2. The highest BCUT2D eigenvalue weighted by atomic mass is 35.5. The summed E-state index contributed by atoms with van der Waals surface area (Å²) in [7, 11) is 1.53. The van der Waals surface area contributed by atoms with Gasteiger partial charge in [0.1, 0.15) is 17.0 Å². The van der Waals surface area contributed by atoms with Crippen molar-refractivity contribution in [3.05, 3.63) is 59.6 Å². The van der Waals surface area contributed by atoms with E-state index in [0.29, 0.717) is 38.9 Å². The number of ether oxygens (including phenoxy) is 1. The Morgan fingerprint density at radius 3 is 2.91 bits per heavy atom. The predicted molar refractivity (Wildman–Crippen MR) is 119 cm³/mol. The smallest absolute Gasteiger partial charge is 0.261 e. The van der Waals surface area contributed by atoms with Gasteiger partial charge in [-0.3, -0.25) is 14.3 Å². The molecule has 3 aromatic heterocycles. The van der Waals surface area contributed by atoms with Gasteiger partial charge in [0.2, 0.25) is 5.91 Å². The largest absolute Gasteiger partial charge is 0.496 e. The lowest BCUT2D eigenvalue weighted by atomic mass is 10.1. The highest BCUT2D eigenvalue weighted by molar-refractivity contribution is 6.31. The van der Waals surface area contributed by atoms with Crippen molar-refractivity contribution in [2.45, 2.75) is 13.5 Å². The van der Waals surface area contributed by atoms with Gasteiger partial charge in [0.15, 0.2) is 5.65 Å². The summed E-state index contributed by atoms with van der Waals surface area (Å²) in [6.07, 6.45) is 6.35. The third kappa shape index (κ3) is 4.12. The van der Waals surface area contributed by atoms with E-state index in [4.69, 9.17) is 22.1 Å². The van der Waals surface area contributed by atoms with E-state index >= 15 is 0 Å². The van der Waals surface area contributed by atoms with Crippen LogP contribution in [-0.2, 0) is 11.3 Å². The standard InChI is InChI=1S/C21H20ClN7O3/c1-12(19(23)30)10-28-11-16(18(27-28)14-8-13(22)4-5-17(14)32-2)26-21(31)15-9-25-29-7-3-6-24-20(15)29/h3-9,11-12H,10H2,1-2H3,(H2,23,30)(H,26,31). The third-order valence-corrected chi connectivity index (χ3v) is 5.13. The first-order valence-electron chi connectivity index (χ1n) is 9.67. The molecule has 0 spiro atoms. The number of nitrogens with one attached hydrogen (secondary N) is 1. The number of aromatic nitrogens is 5. The SMILES string of the molecule is COc1ccc(Cl)cc1-c1nn(CC(C)C(N)=O)cc1NC(=O)c1cnn2cccnc12. The van der Waals surface area contributed by atoms with Crippen molar-refractivity contribution in [1.29, 1.82) is 0 Å². The molecular formula is C21H20ClN7O3. The van der Waals surface area contributed by atoms with E-state index in [1.54, 1.807) is 54.5 Å². The van der Waals surface area contributed by atoms with Gasteiger partial charge in [0.05, 0.1) is 31.5 Å². The Balaban J connectivity index is 1.76. The van der Waals surface area contributed by atoms with Gasteiger partial charge in [-0.2, -0.15) is 10.2 Å². The summed E-state index contributed by atoms with van der Waals surface area (Å²) in [5.74, 6) is -0.805. The fourth-order valence-corrected chi connectivity index (χ4v) is 3.39. The summed E-state index contributed by atoms with van der Waals surface area (Å²) >= 11 is 6.20. The fourth-order valence-electron chi connectivity index (χ4n) is 3.22. The molecule has 1 aromatic carbocycles. The maximum absolute atomic E-state index is 13.1. The maximum Gasteiger partial charge on any atom is 0.261 e. The summed E-state index contributed by atoms with van der Waals surface area (Å²) in [4.78, 5) is 28.8. The molecule has 10 nitrogen and oxygen atoms in total. The zero-order valence-electron chi connectivity index (χ0n) is 17.3. The first-order valence-corrected chi connectivity index (χ1v) is 10.1. The quantitative estimate of drug-likeness (QED) is 0.442. The Morgan fingerprint density at radius 2 is 2.16 bits per heavy atom. The van der Waals surface area contributed by atoms with Gasteiger partial charge in [-0.05, 0) is 24.3 Å². The second-order valence-corrected chi connectivity index (χ2v) is 7.60. The van der Waals surface area contributed by atoms with Crippen LogP contribution in [-0.4, -0.2) is 43.3 Å². The number of halogens is 1. The van der Waals surface area contributed by atoms with Crippen LogP contribution < -0.4 is 15.8 Å². The molecule has 0 bridgehead atoms. The maximum atomic E-state index is 13.1. The van der Waals surface area contributed by atoms with Crippen molar-refractivity contribution in [3.63, 3.8) is 0 Å². The van der Waals surface area contributed by atoms with Gasteiger partial charge < -0.3 is 15.8 Å². The van der Waals surface area contributed by atoms with Crippen molar-refractivity contribution in [2.75, 3.05) is 12.4 Å². The molecule has 1 unspecified atom stereocenters. The minimum Gasteiger partial charge on any atom is -0.496 e. The summed E-state index contributed by atoms with van der Waals surface area (Å²) < 4.78 is 8.51. The van der Waals surface area contributed by atoms with Gasteiger partial charge in [-0.25, -0.2) is 9.50 Å². The average Bonchev–Trinajstić information content (AvgIpc) is 3.37. The Kier molecular flexibility index (Phi) is 5.78. The molecule has 1 atom stereocenters. The summed E-state index contributed by atoms with van der Waals surface area (Å²) in [6.45, 7) is 1.94. The van der Waals surface area contributed by atoms with Crippen LogP contribution in [0, 0.1) is 5.92 Å². The molecule has 164 valence electrons. The zero-order valence-corrected chi connectivity index (χ0v) is 18.1. The molecule has 0 aliphatic heterocycles. The summed E-state index contributed by atoms with van der Waals surface area (Å²) in [6, 6.07) is 6.81. The van der Waals surface area contributed by atoms with Crippen LogP contribution in [0.25, 0.3) is 16.9 Å². The molecule has 4 rings (SSSR count). The van der Waals surface area contributed by atoms with Crippen LogP contribution in [0.2, 0.25) is 5.02 Å². The number of hydrogen-bond acceptors (Lipinski definition) is 6. The fraction of sp³-hybridized carbons (Fsp3) is 0.190. The van der Waals surface area contributed by atoms with Crippen LogP contribution in [0.3, 0.4) is 0 Å². The molecule has 3 heterocycles. The number of anilines is 1.